The van der Waals surface area contributed by atoms with E-state index in [0.29, 0.717) is 0 Å². The summed E-state index contributed by atoms with van der Waals surface area (Å²) in [5.74, 6) is 5.01. The third kappa shape index (κ3) is 7.39. The van der Waals surface area contributed by atoms with E-state index < -0.39 is 35.3 Å². The standard InChI is InChI=1S/C25H33F3N2O4/c1-7-33-21(31)24(5,6)13-12-18-10-8-9-11-19(18)20(25(26,27)28)29-14-16-30(17-15-29)22(32)34-23(2,3)4/h8-11,20H,7,14-17H2,1-6H3. The molecule has 0 radical (unpaired) electrons. The number of hydrogen-bond acceptors (Lipinski definition) is 5. The molecule has 0 saturated carbocycles. The number of ether oxygens (including phenoxy) is 2. The molecule has 0 spiro atoms. The lowest BCUT2D eigenvalue weighted by Crippen LogP contribution is -2.53. The van der Waals surface area contributed by atoms with Crippen LogP contribution in [0, 0.1) is 17.3 Å². The molecule has 1 aliphatic rings. The Morgan fingerprint density at radius 3 is 2.15 bits per heavy atom. The number of benzene rings is 1. The van der Waals surface area contributed by atoms with Gasteiger partial charge in [0.25, 0.3) is 0 Å². The molecule has 0 aromatic heterocycles. The minimum atomic E-state index is -4.57. The zero-order chi connectivity index (χ0) is 25.7. The number of carbonyl (C=O) groups excluding carboxylic acids is 2. The molecule has 0 N–H and O–H groups in total. The van der Waals surface area contributed by atoms with Crippen LogP contribution in [-0.4, -0.2) is 66.4 Å². The second-order valence-corrected chi connectivity index (χ2v) is 9.63. The highest BCUT2D eigenvalue weighted by molar-refractivity contribution is 5.79. The maximum Gasteiger partial charge on any atom is 0.410 e. The van der Waals surface area contributed by atoms with Gasteiger partial charge in [0, 0.05) is 31.7 Å². The van der Waals surface area contributed by atoms with Crippen molar-refractivity contribution in [3.8, 4) is 11.8 Å². The molecule has 6 nitrogen and oxygen atoms in total. The van der Waals surface area contributed by atoms with Gasteiger partial charge in [0.15, 0.2) is 0 Å². The predicted octanol–water partition coefficient (Wildman–Crippen LogP) is 4.78. The smallest absolute Gasteiger partial charge is 0.410 e. The SMILES string of the molecule is CCOC(=O)C(C)(C)C#Cc1ccccc1C(N1CCN(C(=O)OC(C)(C)C)CC1)C(F)(F)F. The first-order chi connectivity index (χ1) is 15.7. The number of halogens is 3. The normalized spacial score (nSPS) is 16.3. The fraction of sp³-hybridized carbons (Fsp3) is 0.600. The van der Waals surface area contributed by atoms with E-state index in [-0.39, 0.29) is 43.9 Å². The highest BCUT2D eigenvalue weighted by Crippen LogP contribution is 2.39. The largest absolute Gasteiger partial charge is 0.465 e. The maximum atomic E-state index is 14.3. The number of piperazine rings is 1. The maximum absolute atomic E-state index is 14.3. The van der Waals surface area contributed by atoms with Crippen LogP contribution in [0.4, 0.5) is 18.0 Å². The second-order valence-electron chi connectivity index (χ2n) is 9.63. The van der Waals surface area contributed by atoms with Crippen LogP contribution in [0.15, 0.2) is 24.3 Å². The van der Waals surface area contributed by atoms with Crippen LogP contribution in [0.5, 0.6) is 0 Å². The van der Waals surface area contributed by atoms with Gasteiger partial charge < -0.3 is 14.4 Å². The molecule has 0 aliphatic carbocycles. The van der Waals surface area contributed by atoms with Crippen LogP contribution in [0.3, 0.4) is 0 Å². The highest BCUT2D eigenvalue weighted by atomic mass is 19.4. The molecule has 1 heterocycles. The van der Waals surface area contributed by atoms with E-state index in [1.807, 2.05) is 0 Å². The van der Waals surface area contributed by atoms with E-state index in [1.165, 1.54) is 28.0 Å². The van der Waals surface area contributed by atoms with Crippen molar-refractivity contribution in [1.82, 2.24) is 9.80 Å². The van der Waals surface area contributed by atoms with E-state index in [9.17, 15) is 22.8 Å². The molecule has 34 heavy (non-hydrogen) atoms. The molecular formula is C25H33F3N2O4. The summed E-state index contributed by atoms with van der Waals surface area (Å²) in [6.45, 7) is 10.5. The molecule has 188 valence electrons. The van der Waals surface area contributed by atoms with Gasteiger partial charge in [-0.25, -0.2) is 4.79 Å². The fourth-order valence-electron chi connectivity index (χ4n) is 3.50. The number of alkyl halides is 3. The molecular weight excluding hydrogens is 449 g/mol. The Kier molecular flexibility index (Phi) is 8.65. The summed E-state index contributed by atoms with van der Waals surface area (Å²) >= 11 is 0. The highest BCUT2D eigenvalue weighted by Gasteiger charge is 2.46. The van der Waals surface area contributed by atoms with Crippen molar-refractivity contribution < 1.29 is 32.2 Å². The lowest BCUT2D eigenvalue weighted by atomic mass is 9.92. The summed E-state index contributed by atoms with van der Waals surface area (Å²) in [6, 6.07) is 4.16. The van der Waals surface area contributed by atoms with Crippen molar-refractivity contribution in [2.45, 2.75) is 59.4 Å². The Morgan fingerprint density at radius 2 is 1.62 bits per heavy atom. The van der Waals surface area contributed by atoms with Crippen LogP contribution in [0.1, 0.15) is 58.7 Å². The average molecular weight is 483 g/mol. The first-order valence-corrected chi connectivity index (χ1v) is 11.2. The van der Waals surface area contributed by atoms with Gasteiger partial charge in [-0.05, 0) is 53.2 Å². The Bertz CT molecular complexity index is 934. The lowest BCUT2D eigenvalue weighted by molar-refractivity contribution is -0.190. The molecule has 1 unspecified atom stereocenters. The minimum Gasteiger partial charge on any atom is -0.465 e. The van der Waals surface area contributed by atoms with Gasteiger partial charge in [-0.1, -0.05) is 30.0 Å². The summed E-state index contributed by atoms with van der Waals surface area (Å²) < 4.78 is 53.2. The molecule has 1 aromatic rings. The van der Waals surface area contributed by atoms with Gasteiger partial charge in [-0.2, -0.15) is 13.2 Å². The number of nitrogens with zero attached hydrogens (tertiary/aromatic N) is 2. The third-order valence-electron chi connectivity index (χ3n) is 5.19. The van der Waals surface area contributed by atoms with Crippen LogP contribution in [0.2, 0.25) is 0 Å². The molecule has 1 fully saturated rings. The first kappa shape index (κ1) is 27.5. The molecule has 1 atom stereocenters. The summed E-state index contributed by atoms with van der Waals surface area (Å²) in [5.41, 5.74) is -1.65. The number of esters is 1. The summed E-state index contributed by atoms with van der Waals surface area (Å²) in [5, 5.41) is 0. The molecule has 1 amide bonds. The Morgan fingerprint density at radius 1 is 1.03 bits per heavy atom. The number of carbonyl (C=O) groups is 2. The van der Waals surface area contributed by atoms with Crippen LogP contribution >= 0.6 is 0 Å². The van der Waals surface area contributed by atoms with Crippen molar-refractivity contribution in [2.75, 3.05) is 32.8 Å². The van der Waals surface area contributed by atoms with E-state index in [0.717, 1.165) is 0 Å². The zero-order valence-electron chi connectivity index (χ0n) is 20.6. The van der Waals surface area contributed by atoms with Crippen LogP contribution in [-0.2, 0) is 14.3 Å². The molecule has 1 aromatic carbocycles. The van der Waals surface area contributed by atoms with Crippen LogP contribution in [0.25, 0.3) is 0 Å². The topological polar surface area (TPSA) is 59.1 Å². The van der Waals surface area contributed by atoms with Crippen molar-refractivity contribution in [3.63, 3.8) is 0 Å². The molecule has 2 rings (SSSR count). The van der Waals surface area contributed by atoms with Crippen molar-refractivity contribution in [1.29, 1.82) is 0 Å². The number of amides is 1. The lowest BCUT2D eigenvalue weighted by Gasteiger charge is -2.40. The number of hydrogen-bond donors (Lipinski definition) is 0. The van der Waals surface area contributed by atoms with Gasteiger partial charge >= 0.3 is 18.2 Å². The summed E-state index contributed by atoms with van der Waals surface area (Å²) in [4.78, 5) is 27.2. The van der Waals surface area contributed by atoms with Gasteiger partial charge in [-0.3, -0.25) is 9.69 Å². The average Bonchev–Trinajstić information content (AvgIpc) is 2.71. The van der Waals surface area contributed by atoms with Gasteiger partial charge in [-0.15, -0.1) is 0 Å². The second kappa shape index (κ2) is 10.7. The van der Waals surface area contributed by atoms with Crippen molar-refractivity contribution in [3.05, 3.63) is 35.4 Å². The van der Waals surface area contributed by atoms with E-state index in [4.69, 9.17) is 9.47 Å². The van der Waals surface area contributed by atoms with Gasteiger partial charge in [0.1, 0.15) is 17.1 Å². The monoisotopic (exact) mass is 482 g/mol. The van der Waals surface area contributed by atoms with E-state index in [1.54, 1.807) is 47.6 Å². The Hall–Kier alpha value is -2.73. The van der Waals surface area contributed by atoms with Gasteiger partial charge in [0.05, 0.1) is 6.61 Å². The van der Waals surface area contributed by atoms with E-state index >= 15 is 0 Å². The zero-order valence-corrected chi connectivity index (χ0v) is 20.6. The quantitative estimate of drug-likeness (QED) is 0.457. The Balaban J connectivity index is 2.30. The fourth-order valence-corrected chi connectivity index (χ4v) is 3.50. The first-order valence-electron chi connectivity index (χ1n) is 11.2. The molecule has 1 saturated heterocycles. The summed E-state index contributed by atoms with van der Waals surface area (Å²) in [6.07, 6.45) is -5.11. The van der Waals surface area contributed by atoms with E-state index in [2.05, 4.69) is 11.8 Å². The van der Waals surface area contributed by atoms with Gasteiger partial charge in [0.2, 0.25) is 0 Å². The molecule has 1 aliphatic heterocycles. The predicted molar refractivity (Wildman–Crippen MR) is 122 cm³/mol. The number of rotatable bonds is 4. The Labute approximate surface area is 199 Å². The van der Waals surface area contributed by atoms with Crippen molar-refractivity contribution >= 4 is 12.1 Å². The summed E-state index contributed by atoms with van der Waals surface area (Å²) in [7, 11) is 0. The minimum absolute atomic E-state index is 0.00729. The molecule has 9 heteroatoms. The van der Waals surface area contributed by atoms with Crippen LogP contribution < -0.4 is 0 Å². The third-order valence-corrected chi connectivity index (χ3v) is 5.19. The molecule has 0 bridgehead atoms. The van der Waals surface area contributed by atoms with Crippen molar-refractivity contribution in [2.24, 2.45) is 5.41 Å².